The molecule has 1 aromatic heterocycles. The molecule has 0 saturated heterocycles. The molecule has 0 saturated carbocycles. The largest absolute Gasteiger partial charge is 0.309 e. The van der Waals surface area contributed by atoms with Gasteiger partial charge in [0.2, 0.25) is 0 Å². The third kappa shape index (κ3) is 6.23. The van der Waals surface area contributed by atoms with Gasteiger partial charge in [0.05, 0.1) is 11.0 Å². The van der Waals surface area contributed by atoms with Gasteiger partial charge in [-0.1, -0.05) is 182 Å². The van der Waals surface area contributed by atoms with Gasteiger partial charge < -0.3 is 4.57 Å². The Morgan fingerprint density at radius 2 is 0.692 bits per heavy atom. The number of nitrogens with zero attached hydrogens (tertiary/aromatic N) is 1. The van der Waals surface area contributed by atoms with E-state index in [-0.39, 0.29) is 0 Å². The maximum absolute atomic E-state index is 2.37. The van der Waals surface area contributed by atoms with Crippen molar-refractivity contribution in [3.05, 3.63) is 223 Å². The highest BCUT2D eigenvalue weighted by Crippen LogP contribution is 2.35. The van der Waals surface area contributed by atoms with Crippen LogP contribution in [0.25, 0.3) is 60.9 Å². The Balaban J connectivity index is 0.955. The Hall–Kier alpha value is -6.44. The van der Waals surface area contributed by atoms with Gasteiger partial charge >= 0.3 is 0 Å². The second-order valence-corrected chi connectivity index (χ2v) is 13.7. The SMILES string of the molecule is c1ccc(-c2ccc(C(CCc3ccc(-c4ccc(-n5c6ccccc6c6ccccc65)cc4)cc3)c3ccc(-c4ccccc4)cc3)cc2)cc1. The summed E-state index contributed by atoms with van der Waals surface area (Å²) in [5.74, 6) is 0.294. The number of aromatic nitrogens is 1. The zero-order valence-corrected chi connectivity index (χ0v) is 29.1. The average molecular weight is 666 g/mol. The van der Waals surface area contributed by atoms with E-state index in [1.54, 1.807) is 0 Å². The fourth-order valence-corrected chi connectivity index (χ4v) is 7.78. The van der Waals surface area contributed by atoms with E-state index in [2.05, 4.69) is 211 Å². The minimum atomic E-state index is 0.294. The lowest BCUT2D eigenvalue weighted by atomic mass is 9.85. The predicted octanol–water partition coefficient (Wildman–Crippen LogP) is 13.5. The third-order valence-corrected chi connectivity index (χ3v) is 10.6. The van der Waals surface area contributed by atoms with Crippen LogP contribution < -0.4 is 0 Å². The first kappa shape index (κ1) is 31.5. The molecule has 1 nitrogen and oxygen atoms in total. The minimum Gasteiger partial charge on any atom is -0.309 e. The molecular weight excluding hydrogens is 627 g/mol. The number of hydrogen-bond donors (Lipinski definition) is 0. The summed E-state index contributed by atoms with van der Waals surface area (Å²) >= 11 is 0. The maximum Gasteiger partial charge on any atom is 0.0541 e. The molecule has 0 N–H and O–H groups in total. The van der Waals surface area contributed by atoms with Crippen LogP contribution in [0, 0.1) is 0 Å². The highest BCUT2D eigenvalue weighted by molar-refractivity contribution is 6.09. The summed E-state index contributed by atoms with van der Waals surface area (Å²) in [6, 6.07) is 75.2. The van der Waals surface area contributed by atoms with E-state index in [0.717, 1.165) is 12.8 Å². The monoisotopic (exact) mass is 665 g/mol. The van der Waals surface area contributed by atoms with Crippen LogP contribution in [0.2, 0.25) is 0 Å². The van der Waals surface area contributed by atoms with Crippen molar-refractivity contribution in [3.63, 3.8) is 0 Å². The van der Waals surface area contributed by atoms with Crippen LogP contribution in [-0.2, 0) is 6.42 Å². The fraction of sp³-hybridized carbons (Fsp3) is 0.0588. The Morgan fingerprint density at radius 3 is 1.15 bits per heavy atom. The molecular formula is C51H39N. The standard InChI is InChI=1S/C51H39N/c1-3-11-38(12-4-1)41-24-28-44(29-25-41)47(45-30-26-42(27-31-45)39-13-5-2-6-14-39)36-21-37-19-22-40(23-20-37)43-32-34-46(35-33-43)52-50-17-9-7-15-48(50)49-16-8-10-18-51(49)52/h1-20,22-35,47H,21,36H2. The molecule has 0 aliphatic carbocycles. The van der Waals surface area contributed by atoms with Gasteiger partial charge in [-0.3, -0.25) is 0 Å². The van der Waals surface area contributed by atoms with Crippen LogP contribution in [0.1, 0.15) is 29.0 Å². The topological polar surface area (TPSA) is 4.93 Å². The summed E-state index contributed by atoms with van der Waals surface area (Å²) in [7, 11) is 0. The second kappa shape index (κ2) is 14.1. The van der Waals surface area contributed by atoms with Crippen molar-refractivity contribution in [3.8, 4) is 39.1 Å². The summed E-state index contributed by atoms with van der Waals surface area (Å²) in [5.41, 5.74) is 15.2. The summed E-state index contributed by atoms with van der Waals surface area (Å²) in [6.45, 7) is 0. The van der Waals surface area contributed by atoms with Crippen LogP contribution in [0.5, 0.6) is 0 Å². The van der Waals surface area contributed by atoms with E-state index in [0.29, 0.717) is 5.92 Å². The molecule has 0 fully saturated rings. The van der Waals surface area contributed by atoms with Gasteiger partial charge in [0, 0.05) is 22.4 Å². The van der Waals surface area contributed by atoms with Crippen molar-refractivity contribution in [1.82, 2.24) is 4.57 Å². The number of rotatable bonds is 9. The number of aryl methyl sites for hydroxylation is 1. The Labute approximate surface area is 306 Å². The molecule has 52 heavy (non-hydrogen) atoms. The molecule has 8 aromatic carbocycles. The lowest BCUT2D eigenvalue weighted by molar-refractivity contribution is 0.715. The first-order valence-corrected chi connectivity index (χ1v) is 18.3. The molecule has 0 aliphatic rings. The minimum absolute atomic E-state index is 0.294. The first-order valence-electron chi connectivity index (χ1n) is 18.3. The molecule has 0 amide bonds. The summed E-state index contributed by atoms with van der Waals surface area (Å²) in [5, 5.41) is 2.57. The number of hydrogen-bond acceptors (Lipinski definition) is 0. The van der Waals surface area contributed by atoms with E-state index in [9.17, 15) is 0 Å². The number of para-hydroxylation sites is 2. The van der Waals surface area contributed by atoms with Crippen LogP contribution in [-0.4, -0.2) is 4.57 Å². The van der Waals surface area contributed by atoms with Crippen molar-refractivity contribution in [2.24, 2.45) is 0 Å². The van der Waals surface area contributed by atoms with Gasteiger partial charge in [-0.15, -0.1) is 0 Å². The van der Waals surface area contributed by atoms with Crippen LogP contribution in [0.15, 0.2) is 206 Å². The Bertz CT molecular complexity index is 2420. The zero-order chi connectivity index (χ0) is 34.7. The lowest BCUT2D eigenvalue weighted by Gasteiger charge is -2.20. The van der Waals surface area contributed by atoms with E-state index in [1.165, 1.54) is 77.6 Å². The molecule has 248 valence electrons. The molecule has 9 aromatic rings. The van der Waals surface area contributed by atoms with Crippen molar-refractivity contribution in [2.45, 2.75) is 18.8 Å². The highest BCUT2D eigenvalue weighted by atomic mass is 15.0. The fourth-order valence-electron chi connectivity index (χ4n) is 7.78. The smallest absolute Gasteiger partial charge is 0.0541 e. The van der Waals surface area contributed by atoms with E-state index in [1.807, 2.05) is 0 Å². The normalized spacial score (nSPS) is 11.4. The quantitative estimate of drug-likeness (QED) is 0.145. The second-order valence-electron chi connectivity index (χ2n) is 13.7. The molecule has 0 unspecified atom stereocenters. The van der Waals surface area contributed by atoms with Crippen LogP contribution >= 0.6 is 0 Å². The van der Waals surface area contributed by atoms with Gasteiger partial charge in [0.1, 0.15) is 0 Å². The van der Waals surface area contributed by atoms with E-state index >= 15 is 0 Å². The highest BCUT2D eigenvalue weighted by Gasteiger charge is 2.16. The number of benzene rings is 8. The molecule has 0 atom stereocenters. The molecule has 0 radical (unpaired) electrons. The van der Waals surface area contributed by atoms with Crippen molar-refractivity contribution >= 4 is 21.8 Å². The molecule has 0 bridgehead atoms. The van der Waals surface area contributed by atoms with E-state index in [4.69, 9.17) is 0 Å². The van der Waals surface area contributed by atoms with Gasteiger partial charge in [-0.25, -0.2) is 0 Å². The van der Waals surface area contributed by atoms with Gasteiger partial charge in [-0.05, 0) is 87.2 Å². The predicted molar refractivity (Wildman–Crippen MR) is 220 cm³/mol. The van der Waals surface area contributed by atoms with Crippen molar-refractivity contribution in [2.75, 3.05) is 0 Å². The van der Waals surface area contributed by atoms with Crippen LogP contribution in [0.3, 0.4) is 0 Å². The molecule has 1 heterocycles. The third-order valence-electron chi connectivity index (χ3n) is 10.6. The lowest BCUT2D eigenvalue weighted by Crippen LogP contribution is -2.03. The van der Waals surface area contributed by atoms with E-state index < -0.39 is 0 Å². The summed E-state index contributed by atoms with van der Waals surface area (Å²) in [4.78, 5) is 0. The van der Waals surface area contributed by atoms with Gasteiger partial charge in [0.25, 0.3) is 0 Å². The maximum atomic E-state index is 2.37. The molecule has 0 aliphatic heterocycles. The summed E-state index contributed by atoms with van der Waals surface area (Å²) in [6.07, 6.45) is 2.03. The Morgan fingerprint density at radius 1 is 0.327 bits per heavy atom. The van der Waals surface area contributed by atoms with Gasteiger partial charge in [-0.2, -0.15) is 0 Å². The molecule has 9 rings (SSSR count). The summed E-state index contributed by atoms with van der Waals surface area (Å²) < 4.78 is 2.37. The number of fused-ring (bicyclic) bond motifs is 3. The van der Waals surface area contributed by atoms with Crippen molar-refractivity contribution < 1.29 is 0 Å². The molecule has 1 heteroatoms. The zero-order valence-electron chi connectivity index (χ0n) is 29.1. The Kier molecular flexibility index (Phi) is 8.52. The first-order chi connectivity index (χ1) is 25.8. The van der Waals surface area contributed by atoms with Crippen LogP contribution in [0.4, 0.5) is 0 Å². The molecule has 0 spiro atoms. The van der Waals surface area contributed by atoms with Gasteiger partial charge in [0.15, 0.2) is 0 Å². The van der Waals surface area contributed by atoms with Crippen molar-refractivity contribution in [1.29, 1.82) is 0 Å². The average Bonchev–Trinajstić information content (AvgIpc) is 3.57.